The van der Waals surface area contributed by atoms with E-state index < -0.39 is 6.10 Å². The molecular formula is C23H33N3O3. The number of ether oxygens (including phenoxy) is 2. The van der Waals surface area contributed by atoms with Gasteiger partial charge in [-0.2, -0.15) is 0 Å². The molecule has 1 aliphatic rings. The lowest BCUT2D eigenvalue weighted by Crippen LogP contribution is -2.44. The molecule has 1 N–H and O–H groups in total. The zero-order valence-electron chi connectivity index (χ0n) is 17.9. The van der Waals surface area contributed by atoms with Crippen LogP contribution in [-0.4, -0.2) is 72.4 Å². The third kappa shape index (κ3) is 5.92. The van der Waals surface area contributed by atoms with Gasteiger partial charge in [0, 0.05) is 50.0 Å². The monoisotopic (exact) mass is 399 g/mol. The fraction of sp³-hybridized carbons (Fsp3) is 0.522. The van der Waals surface area contributed by atoms with E-state index in [1.165, 1.54) is 11.3 Å². The van der Waals surface area contributed by atoms with Crippen LogP contribution in [0.2, 0.25) is 0 Å². The SMILES string of the molecule is COc1cc(CN2CC(c3ccccn3)C2)ccc1OCC(O)CN(C)C(C)C. The number of likely N-dealkylation sites (N-methyl/N-ethyl adjacent to an activating group) is 1. The van der Waals surface area contributed by atoms with Crippen LogP contribution in [-0.2, 0) is 6.54 Å². The van der Waals surface area contributed by atoms with Gasteiger partial charge >= 0.3 is 0 Å². The van der Waals surface area contributed by atoms with Crippen LogP contribution in [0.1, 0.15) is 31.0 Å². The molecule has 29 heavy (non-hydrogen) atoms. The molecule has 1 unspecified atom stereocenters. The van der Waals surface area contributed by atoms with Crippen LogP contribution in [0.5, 0.6) is 11.5 Å². The van der Waals surface area contributed by atoms with Crippen LogP contribution < -0.4 is 9.47 Å². The van der Waals surface area contributed by atoms with Crippen molar-refractivity contribution in [3.05, 3.63) is 53.9 Å². The number of rotatable bonds is 10. The van der Waals surface area contributed by atoms with E-state index in [-0.39, 0.29) is 6.61 Å². The summed E-state index contributed by atoms with van der Waals surface area (Å²) in [6, 6.07) is 12.5. The molecule has 1 saturated heterocycles. The summed E-state index contributed by atoms with van der Waals surface area (Å²) >= 11 is 0. The number of aromatic nitrogens is 1. The average Bonchev–Trinajstić information content (AvgIpc) is 2.69. The molecule has 0 saturated carbocycles. The van der Waals surface area contributed by atoms with E-state index in [1.807, 2.05) is 37.5 Å². The number of aliphatic hydroxyl groups excluding tert-OH is 1. The number of likely N-dealkylation sites (tertiary alicyclic amines) is 1. The van der Waals surface area contributed by atoms with Gasteiger partial charge in [0.05, 0.1) is 7.11 Å². The molecule has 1 atom stereocenters. The number of methoxy groups -OCH3 is 1. The molecule has 6 nitrogen and oxygen atoms in total. The minimum absolute atomic E-state index is 0.241. The maximum atomic E-state index is 10.2. The summed E-state index contributed by atoms with van der Waals surface area (Å²) in [7, 11) is 3.65. The van der Waals surface area contributed by atoms with E-state index in [2.05, 4.69) is 40.8 Å². The highest BCUT2D eigenvalue weighted by Crippen LogP contribution is 2.31. The number of hydrogen-bond donors (Lipinski definition) is 1. The molecule has 0 bridgehead atoms. The minimum Gasteiger partial charge on any atom is -0.493 e. The Morgan fingerprint density at radius 1 is 1.21 bits per heavy atom. The maximum absolute atomic E-state index is 10.2. The summed E-state index contributed by atoms with van der Waals surface area (Å²) in [5.74, 6) is 1.89. The van der Waals surface area contributed by atoms with Gasteiger partial charge in [-0.25, -0.2) is 0 Å². The second-order valence-corrected chi connectivity index (χ2v) is 8.13. The highest BCUT2D eigenvalue weighted by molar-refractivity contribution is 5.43. The largest absolute Gasteiger partial charge is 0.493 e. The van der Waals surface area contributed by atoms with Crippen LogP contribution in [0.4, 0.5) is 0 Å². The molecule has 2 heterocycles. The van der Waals surface area contributed by atoms with E-state index in [9.17, 15) is 5.11 Å². The molecule has 3 rings (SSSR count). The quantitative estimate of drug-likeness (QED) is 0.663. The van der Waals surface area contributed by atoms with Gasteiger partial charge in [0.2, 0.25) is 0 Å². The fourth-order valence-corrected chi connectivity index (χ4v) is 3.47. The molecule has 1 aromatic carbocycles. The minimum atomic E-state index is -0.545. The summed E-state index contributed by atoms with van der Waals surface area (Å²) in [5, 5.41) is 10.2. The molecule has 1 fully saturated rings. The Bertz CT molecular complexity index is 763. The van der Waals surface area contributed by atoms with E-state index in [1.54, 1.807) is 7.11 Å². The number of hydrogen-bond acceptors (Lipinski definition) is 6. The van der Waals surface area contributed by atoms with Crippen molar-refractivity contribution >= 4 is 0 Å². The van der Waals surface area contributed by atoms with E-state index in [4.69, 9.17) is 9.47 Å². The maximum Gasteiger partial charge on any atom is 0.161 e. The number of pyridine rings is 1. The first-order valence-corrected chi connectivity index (χ1v) is 10.3. The van der Waals surface area contributed by atoms with E-state index in [0.717, 1.165) is 19.6 Å². The van der Waals surface area contributed by atoms with Gasteiger partial charge in [-0.3, -0.25) is 9.88 Å². The number of nitrogens with zero attached hydrogens (tertiary/aromatic N) is 3. The zero-order chi connectivity index (χ0) is 20.8. The van der Waals surface area contributed by atoms with Crippen molar-refractivity contribution in [1.82, 2.24) is 14.8 Å². The third-order valence-corrected chi connectivity index (χ3v) is 5.51. The van der Waals surface area contributed by atoms with E-state index >= 15 is 0 Å². The Kier molecular flexibility index (Phi) is 7.47. The average molecular weight is 400 g/mol. The third-order valence-electron chi connectivity index (χ3n) is 5.51. The molecule has 0 aliphatic carbocycles. The van der Waals surface area contributed by atoms with Gasteiger partial charge in [-0.15, -0.1) is 0 Å². The van der Waals surface area contributed by atoms with Crippen molar-refractivity contribution < 1.29 is 14.6 Å². The van der Waals surface area contributed by atoms with Gasteiger partial charge in [-0.1, -0.05) is 12.1 Å². The summed E-state index contributed by atoms with van der Waals surface area (Å²) in [4.78, 5) is 8.96. The molecule has 1 aliphatic heterocycles. The Hall–Kier alpha value is -2.15. The Morgan fingerprint density at radius 3 is 2.66 bits per heavy atom. The first-order valence-electron chi connectivity index (χ1n) is 10.3. The molecule has 0 spiro atoms. The summed E-state index contributed by atoms with van der Waals surface area (Å²) in [5.41, 5.74) is 2.36. The second kappa shape index (κ2) is 10.1. The van der Waals surface area contributed by atoms with Crippen molar-refractivity contribution in [2.75, 3.05) is 40.4 Å². The Balaban J connectivity index is 1.50. The lowest BCUT2D eigenvalue weighted by Gasteiger charge is -2.39. The Morgan fingerprint density at radius 2 is 2.00 bits per heavy atom. The second-order valence-electron chi connectivity index (χ2n) is 8.13. The molecule has 1 aromatic heterocycles. The van der Waals surface area contributed by atoms with Gasteiger partial charge in [0.15, 0.2) is 11.5 Å². The molecular weight excluding hydrogens is 366 g/mol. The normalized spacial score (nSPS) is 16.1. The molecule has 6 heteroatoms. The van der Waals surface area contributed by atoms with Crippen LogP contribution in [0.15, 0.2) is 42.6 Å². The predicted molar refractivity (Wildman–Crippen MR) is 115 cm³/mol. The van der Waals surface area contributed by atoms with Gasteiger partial charge in [0.25, 0.3) is 0 Å². The standard InChI is InChI=1S/C23H33N3O3/c1-17(2)25(3)15-20(27)16-29-22-9-8-18(11-23(22)28-4)12-26-13-19(14-26)21-7-5-6-10-24-21/h5-11,17,19-20,27H,12-16H2,1-4H3. The highest BCUT2D eigenvalue weighted by Gasteiger charge is 2.28. The lowest BCUT2D eigenvalue weighted by atomic mass is 9.95. The summed E-state index contributed by atoms with van der Waals surface area (Å²) < 4.78 is 11.3. The molecule has 2 aromatic rings. The first kappa shape index (κ1) is 21.6. The van der Waals surface area contributed by atoms with Crippen LogP contribution >= 0.6 is 0 Å². The topological polar surface area (TPSA) is 58.1 Å². The van der Waals surface area contributed by atoms with Crippen molar-refractivity contribution in [3.63, 3.8) is 0 Å². The summed E-state index contributed by atoms with van der Waals surface area (Å²) in [6.45, 7) is 7.94. The van der Waals surface area contributed by atoms with Crippen LogP contribution in [0.3, 0.4) is 0 Å². The Labute approximate surface area is 174 Å². The fourth-order valence-electron chi connectivity index (χ4n) is 3.47. The van der Waals surface area contributed by atoms with Crippen molar-refractivity contribution in [2.24, 2.45) is 0 Å². The number of benzene rings is 1. The summed E-state index contributed by atoms with van der Waals surface area (Å²) in [6.07, 6.45) is 1.32. The highest BCUT2D eigenvalue weighted by atomic mass is 16.5. The smallest absolute Gasteiger partial charge is 0.161 e. The van der Waals surface area contributed by atoms with Crippen molar-refractivity contribution in [1.29, 1.82) is 0 Å². The van der Waals surface area contributed by atoms with Gasteiger partial charge in [0.1, 0.15) is 12.7 Å². The van der Waals surface area contributed by atoms with Crippen LogP contribution in [0.25, 0.3) is 0 Å². The van der Waals surface area contributed by atoms with Crippen molar-refractivity contribution in [2.45, 2.75) is 38.5 Å². The van der Waals surface area contributed by atoms with E-state index in [0.29, 0.717) is 30.0 Å². The van der Waals surface area contributed by atoms with Gasteiger partial charge < -0.3 is 19.5 Å². The first-order chi connectivity index (χ1) is 14.0. The lowest BCUT2D eigenvalue weighted by molar-refractivity contribution is 0.0668. The van der Waals surface area contributed by atoms with Crippen molar-refractivity contribution in [3.8, 4) is 11.5 Å². The molecule has 0 radical (unpaired) electrons. The number of aliphatic hydroxyl groups is 1. The van der Waals surface area contributed by atoms with Gasteiger partial charge in [-0.05, 0) is 50.7 Å². The molecule has 158 valence electrons. The zero-order valence-corrected chi connectivity index (χ0v) is 17.9. The van der Waals surface area contributed by atoms with Crippen LogP contribution in [0, 0.1) is 0 Å². The molecule has 0 amide bonds. The predicted octanol–water partition coefficient (Wildman–Crippen LogP) is 2.77.